The van der Waals surface area contributed by atoms with E-state index in [0.29, 0.717) is 37.6 Å². The van der Waals surface area contributed by atoms with Gasteiger partial charge >= 0.3 is 0 Å². The maximum Gasteiger partial charge on any atom is 0.293 e. The number of pyridine rings is 1. The van der Waals surface area contributed by atoms with Crippen molar-refractivity contribution in [3.05, 3.63) is 65.5 Å². The predicted octanol–water partition coefficient (Wildman–Crippen LogP) is 2.64. The third kappa shape index (κ3) is 3.57. The van der Waals surface area contributed by atoms with Crippen LogP contribution < -0.4 is 14.6 Å². The molecule has 1 aliphatic heterocycles. The van der Waals surface area contributed by atoms with Gasteiger partial charge in [-0.05, 0) is 30.3 Å². The van der Waals surface area contributed by atoms with Gasteiger partial charge in [-0.3, -0.25) is 9.69 Å². The number of piperazine rings is 1. The number of hydrogen-bond acceptors (Lipinski definition) is 4. The standard InChI is InChI=1S/C22H19FN4O2/c1-29-17-7-6-15-12-16(14-24)21(25-20(15)13-17)26-8-10-27(11-9-26)22(28)18-4-2-3-5-19(18)23/h2-7,12-13H,8-11H2,1H3/p+1. The molecule has 0 unspecified atom stereocenters. The Labute approximate surface area is 167 Å². The fraction of sp³-hybridized carbons (Fsp3) is 0.227. The number of methoxy groups -OCH3 is 1. The summed E-state index contributed by atoms with van der Waals surface area (Å²) in [7, 11) is 1.61. The van der Waals surface area contributed by atoms with Gasteiger partial charge in [-0.25, -0.2) is 9.37 Å². The summed E-state index contributed by atoms with van der Waals surface area (Å²) in [6, 6.07) is 15.8. The van der Waals surface area contributed by atoms with Gasteiger partial charge in [-0.2, -0.15) is 5.26 Å². The zero-order valence-electron chi connectivity index (χ0n) is 16.0. The minimum absolute atomic E-state index is 0.0861. The smallest absolute Gasteiger partial charge is 0.293 e. The number of amides is 1. The molecule has 0 saturated carbocycles. The van der Waals surface area contributed by atoms with Crippen LogP contribution in [-0.4, -0.2) is 44.1 Å². The van der Waals surface area contributed by atoms with E-state index >= 15 is 0 Å². The lowest BCUT2D eigenvalue weighted by molar-refractivity contribution is -0.331. The van der Waals surface area contributed by atoms with E-state index in [0.717, 1.165) is 16.7 Å². The first kappa shape index (κ1) is 18.7. The summed E-state index contributed by atoms with van der Waals surface area (Å²) in [6.07, 6.45) is 0. The van der Waals surface area contributed by atoms with Crippen molar-refractivity contribution < 1.29 is 18.9 Å². The van der Waals surface area contributed by atoms with Gasteiger partial charge in [-0.1, -0.05) is 12.1 Å². The maximum absolute atomic E-state index is 13.9. The van der Waals surface area contributed by atoms with Crippen LogP contribution in [0.3, 0.4) is 0 Å². The minimum Gasteiger partial charge on any atom is -0.497 e. The molecule has 0 aliphatic carbocycles. The molecule has 1 aromatic heterocycles. The summed E-state index contributed by atoms with van der Waals surface area (Å²) < 4.78 is 19.2. The van der Waals surface area contributed by atoms with Crippen LogP contribution in [0.1, 0.15) is 15.9 Å². The SMILES string of the molecule is COc1ccc2cc(C#N)c(N3CCN(C(=O)c4ccccc4F)CC3)[nH+]c2c1. The second-order valence-corrected chi connectivity index (χ2v) is 6.86. The molecule has 6 nitrogen and oxygen atoms in total. The molecule has 1 fully saturated rings. The number of benzene rings is 2. The number of aromatic amines is 1. The second-order valence-electron chi connectivity index (χ2n) is 6.86. The van der Waals surface area contributed by atoms with Crippen LogP contribution in [0.5, 0.6) is 5.75 Å². The van der Waals surface area contributed by atoms with Gasteiger partial charge in [0.05, 0.1) is 25.8 Å². The van der Waals surface area contributed by atoms with E-state index in [4.69, 9.17) is 4.74 Å². The molecule has 3 aromatic rings. The lowest BCUT2D eigenvalue weighted by atomic mass is 10.1. The Balaban J connectivity index is 1.56. The van der Waals surface area contributed by atoms with Crippen molar-refractivity contribution in [3.8, 4) is 11.8 Å². The summed E-state index contributed by atoms with van der Waals surface area (Å²) in [5.74, 6) is 0.620. The highest BCUT2D eigenvalue weighted by Gasteiger charge is 2.30. The Morgan fingerprint density at radius 1 is 1.14 bits per heavy atom. The number of carbonyl (C=O) groups is 1. The van der Waals surface area contributed by atoms with Crippen LogP contribution in [0.2, 0.25) is 0 Å². The number of fused-ring (bicyclic) bond motifs is 1. The Bertz CT molecular complexity index is 1120. The van der Waals surface area contributed by atoms with Crippen molar-refractivity contribution >= 4 is 22.6 Å². The maximum atomic E-state index is 13.9. The molecule has 2 heterocycles. The molecule has 0 spiro atoms. The summed E-state index contributed by atoms with van der Waals surface area (Å²) in [5.41, 5.74) is 1.49. The lowest BCUT2D eigenvalue weighted by Crippen LogP contribution is -2.50. The monoisotopic (exact) mass is 391 g/mol. The molecule has 2 aromatic carbocycles. The number of hydrogen-bond donors (Lipinski definition) is 0. The van der Waals surface area contributed by atoms with Gasteiger partial charge in [0.15, 0.2) is 0 Å². The van der Waals surface area contributed by atoms with Crippen molar-refractivity contribution in [2.45, 2.75) is 0 Å². The summed E-state index contributed by atoms with van der Waals surface area (Å²) >= 11 is 0. The van der Waals surface area contributed by atoms with Gasteiger partial charge in [0.25, 0.3) is 11.7 Å². The average Bonchev–Trinajstić information content (AvgIpc) is 2.77. The molecule has 1 amide bonds. The van der Waals surface area contributed by atoms with E-state index in [-0.39, 0.29) is 11.5 Å². The Hall–Kier alpha value is -3.66. The zero-order chi connectivity index (χ0) is 20.4. The van der Waals surface area contributed by atoms with E-state index in [1.54, 1.807) is 24.1 Å². The number of anilines is 1. The topological polar surface area (TPSA) is 70.7 Å². The van der Waals surface area contributed by atoms with E-state index in [9.17, 15) is 14.4 Å². The van der Waals surface area contributed by atoms with Gasteiger partial charge in [0, 0.05) is 11.5 Å². The number of ether oxygens (including phenoxy) is 1. The Morgan fingerprint density at radius 3 is 2.59 bits per heavy atom. The second kappa shape index (κ2) is 7.76. The minimum atomic E-state index is -0.511. The number of rotatable bonds is 3. The number of nitrogens with zero attached hydrogens (tertiary/aromatic N) is 3. The number of carbonyl (C=O) groups excluding carboxylic acids is 1. The fourth-order valence-electron chi connectivity index (χ4n) is 3.59. The van der Waals surface area contributed by atoms with Gasteiger partial charge < -0.3 is 9.64 Å². The number of aromatic nitrogens is 1. The van der Waals surface area contributed by atoms with Crippen LogP contribution in [0.25, 0.3) is 10.9 Å². The normalized spacial score (nSPS) is 14.0. The molecule has 1 saturated heterocycles. The molecular weight excluding hydrogens is 371 g/mol. The Morgan fingerprint density at radius 2 is 1.90 bits per heavy atom. The van der Waals surface area contributed by atoms with E-state index < -0.39 is 5.82 Å². The van der Waals surface area contributed by atoms with Crippen LogP contribution in [0, 0.1) is 17.1 Å². The molecule has 4 rings (SSSR count). The van der Waals surface area contributed by atoms with Crippen molar-refractivity contribution in [1.82, 2.24) is 4.90 Å². The summed E-state index contributed by atoms with van der Waals surface area (Å²) in [6.45, 7) is 1.98. The molecule has 0 bridgehead atoms. The average molecular weight is 391 g/mol. The largest absolute Gasteiger partial charge is 0.497 e. The molecule has 1 aliphatic rings. The van der Waals surface area contributed by atoms with Gasteiger partial charge in [0.2, 0.25) is 0 Å². The first-order valence-electron chi connectivity index (χ1n) is 9.33. The highest BCUT2D eigenvalue weighted by molar-refractivity contribution is 5.94. The van der Waals surface area contributed by atoms with Crippen LogP contribution in [0.4, 0.5) is 10.2 Å². The summed E-state index contributed by atoms with van der Waals surface area (Å²) in [4.78, 5) is 19.6. The molecule has 1 N–H and O–H groups in total. The lowest BCUT2D eigenvalue weighted by Gasteiger charge is -2.31. The van der Waals surface area contributed by atoms with Crippen molar-refractivity contribution in [3.63, 3.8) is 0 Å². The van der Waals surface area contributed by atoms with Crippen LogP contribution in [0.15, 0.2) is 48.5 Å². The summed E-state index contributed by atoms with van der Waals surface area (Å²) in [5, 5.41) is 10.5. The number of nitrogens with one attached hydrogen (secondary N) is 1. The quantitative estimate of drug-likeness (QED) is 0.688. The third-order valence-corrected chi connectivity index (χ3v) is 5.18. The van der Waals surface area contributed by atoms with Crippen molar-refractivity contribution in [2.75, 3.05) is 38.2 Å². The van der Waals surface area contributed by atoms with E-state index in [2.05, 4.69) is 11.1 Å². The number of halogens is 1. The van der Waals surface area contributed by atoms with E-state index in [1.807, 2.05) is 29.2 Å². The molecular formula is C22H20FN4O2+. The van der Waals surface area contributed by atoms with Crippen molar-refractivity contribution in [2.24, 2.45) is 0 Å². The highest BCUT2D eigenvalue weighted by atomic mass is 19.1. The molecule has 0 atom stereocenters. The fourth-order valence-corrected chi connectivity index (χ4v) is 3.59. The van der Waals surface area contributed by atoms with E-state index in [1.165, 1.54) is 12.1 Å². The van der Waals surface area contributed by atoms with Crippen LogP contribution >= 0.6 is 0 Å². The van der Waals surface area contributed by atoms with Crippen LogP contribution in [-0.2, 0) is 0 Å². The number of H-pyrrole nitrogens is 1. The van der Waals surface area contributed by atoms with Crippen molar-refractivity contribution in [1.29, 1.82) is 5.26 Å². The molecule has 29 heavy (non-hydrogen) atoms. The highest BCUT2D eigenvalue weighted by Crippen LogP contribution is 2.24. The first-order valence-corrected chi connectivity index (χ1v) is 9.33. The number of nitriles is 1. The van der Waals surface area contributed by atoms with Gasteiger partial charge in [0.1, 0.15) is 41.8 Å². The third-order valence-electron chi connectivity index (χ3n) is 5.18. The molecule has 146 valence electrons. The van der Waals surface area contributed by atoms with Gasteiger partial charge in [-0.15, -0.1) is 0 Å². The molecule has 0 radical (unpaired) electrons. The zero-order valence-corrected chi connectivity index (χ0v) is 16.0. The first-order chi connectivity index (χ1) is 14.1. The molecule has 7 heteroatoms. The predicted molar refractivity (Wildman–Crippen MR) is 106 cm³/mol. The Kier molecular flexibility index (Phi) is 5.00.